The Morgan fingerprint density at radius 2 is 1.87 bits per heavy atom. The average Bonchev–Trinajstić information content (AvgIpc) is 2.59. The van der Waals surface area contributed by atoms with E-state index in [0.29, 0.717) is 32.2 Å². The van der Waals surface area contributed by atoms with Crippen molar-refractivity contribution in [2.45, 2.75) is 26.4 Å². The molecule has 0 saturated carbocycles. The highest BCUT2D eigenvalue weighted by molar-refractivity contribution is 5.81. The summed E-state index contributed by atoms with van der Waals surface area (Å²) in [6.07, 6.45) is 4.75. The molecule has 0 spiro atoms. The molecular weight excluding hydrogens is 294 g/mol. The van der Waals surface area contributed by atoms with Gasteiger partial charge in [0.25, 0.3) is 0 Å². The summed E-state index contributed by atoms with van der Waals surface area (Å²) in [7, 11) is 0. The van der Waals surface area contributed by atoms with Crippen LogP contribution in [0.4, 0.5) is 4.79 Å². The Balaban J connectivity index is 1.71. The zero-order valence-electron chi connectivity index (χ0n) is 13.4. The molecular formula is C18H23NO4. The Labute approximate surface area is 136 Å². The van der Waals surface area contributed by atoms with Crippen molar-refractivity contribution in [3.63, 3.8) is 0 Å². The smallest absolute Gasteiger partial charge is 0.410 e. The van der Waals surface area contributed by atoms with Gasteiger partial charge in [0.2, 0.25) is 0 Å². The zero-order chi connectivity index (χ0) is 16.5. The van der Waals surface area contributed by atoms with Crippen molar-refractivity contribution in [2.75, 3.05) is 19.7 Å². The second kappa shape index (κ2) is 8.98. The van der Waals surface area contributed by atoms with E-state index in [9.17, 15) is 9.59 Å². The van der Waals surface area contributed by atoms with E-state index in [-0.39, 0.29) is 12.1 Å². The van der Waals surface area contributed by atoms with Crippen molar-refractivity contribution in [3.05, 3.63) is 48.0 Å². The fourth-order valence-electron chi connectivity index (χ4n) is 2.49. The fourth-order valence-corrected chi connectivity index (χ4v) is 2.49. The van der Waals surface area contributed by atoms with Crippen LogP contribution < -0.4 is 0 Å². The molecule has 1 aromatic carbocycles. The number of piperidine rings is 1. The number of allylic oxidation sites excluding steroid dienone is 1. The van der Waals surface area contributed by atoms with Crippen LogP contribution in [-0.2, 0) is 20.9 Å². The number of hydrogen-bond donors (Lipinski definition) is 0. The minimum absolute atomic E-state index is 0.276. The number of nitrogens with zero attached hydrogens (tertiary/aromatic N) is 1. The summed E-state index contributed by atoms with van der Waals surface area (Å²) < 4.78 is 10.2. The van der Waals surface area contributed by atoms with Crippen LogP contribution in [-0.4, -0.2) is 36.7 Å². The van der Waals surface area contributed by atoms with E-state index in [1.807, 2.05) is 36.4 Å². The van der Waals surface area contributed by atoms with E-state index < -0.39 is 0 Å². The molecule has 1 saturated heterocycles. The lowest BCUT2D eigenvalue weighted by Crippen LogP contribution is -2.38. The molecule has 1 aromatic rings. The van der Waals surface area contributed by atoms with E-state index in [4.69, 9.17) is 9.47 Å². The maximum atomic E-state index is 12.0. The van der Waals surface area contributed by atoms with Crippen LogP contribution in [0, 0.1) is 5.92 Å². The third kappa shape index (κ3) is 5.77. The summed E-state index contributed by atoms with van der Waals surface area (Å²) in [4.78, 5) is 25.0. The summed E-state index contributed by atoms with van der Waals surface area (Å²) in [5.41, 5.74) is 0.980. The van der Waals surface area contributed by atoms with Crippen LogP contribution >= 0.6 is 0 Å². The van der Waals surface area contributed by atoms with Gasteiger partial charge >= 0.3 is 12.1 Å². The van der Waals surface area contributed by atoms with Crippen molar-refractivity contribution >= 4 is 12.1 Å². The minimum Gasteiger partial charge on any atom is -0.463 e. The monoisotopic (exact) mass is 317 g/mol. The second-order valence-electron chi connectivity index (χ2n) is 5.48. The Morgan fingerprint density at radius 3 is 2.52 bits per heavy atom. The Kier molecular flexibility index (Phi) is 6.66. The number of esters is 1. The van der Waals surface area contributed by atoms with Gasteiger partial charge in [0.15, 0.2) is 0 Å². The normalized spacial score (nSPS) is 15.6. The molecule has 5 heteroatoms. The predicted octanol–water partition coefficient (Wildman–Crippen LogP) is 3.15. The predicted molar refractivity (Wildman–Crippen MR) is 86.7 cm³/mol. The van der Waals surface area contributed by atoms with Gasteiger partial charge in [0.05, 0.1) is 6.61 Å². The lowest BCUT2D eigenvalue weighted by Gasteiger charge is -2.29. The highest BCUT2D eigenvalue weighted by atomic mass is 16.6. The fraction of sp³-hybridized carbons (Fsp3) is 0.444. The van der Waals surface area contributed by atoms with Gasteiger partial charge in [-0.05, 0) is 31.2 Å². The number of likely N-dealkylation sites (tertiary alicyclic amines) is 1. The van der Waals surface area contributed by atoms with Crippen LogP contribution in [0.25, 0.3) is 0 Å². The number of hydrogen-bond acceptors (Lipinski definition) is 4. The van der Waals surface area contributed by atoms with Crippen LogP contribution in [0.15, 0.2) is 42.5 Å². The molecule has 0 unspecified atom stereocenters. The molecule has 2 rings (SSSR count). The summed E-state index contributed by atoms with van der Waals surface area (Å²) in [5, 5.41) is 0. The van der Waals surface area contributed by atoms with Gasteiger partial charge in [-0.1, -0.05) is 36.4 Å². The minimum atomic E-state index is -0.308. The molecule has 0 atom stereocenters. The molecule has 1 aliphatic rings. The van der Waals surface area contributed by atoms with Crippen molar-refractivity contribution in [1.29, 1.82) is 0 Å². The van der Waals surface area contributed by atoms with E-state index in [2.05, 4.69) is 0 Å². The molecule has 1 fully saturated rings. The van der Waals surface area contributed by atoms with E-state index in [0.717, 1.165) is 18.4 Å². The highest BCUT2D eigenvalue weighted by Gasteiger charge is 2.22. The van der Waals surface area contributed by atoms with Gasteiger partial charge in [-0.2, -0.15) is 0 Å². The first kappa shape index (κ1) is 17.1. The molecule has 1 aliphatic heterocycles. The molecule has 0 aromatic heterocycles. The van der Waals surface area contributed by atoms with Crippen molar-refractivity contribution in [3.8, 4) is 0 Å². The first-order valence-corrected chi connectivity index (χ1v) is 7.99. The number of carbonyl (C=O) groups is 2. The van der Waals surface area contributed by atoms with E-state index >= 15 is 0 Å². The Bertz CT molecular complexity index is 533. The first-order valence-electron chi connectivity index (χ1n) is 7.99. The van der Waals surface area contributed by atoms with Crippen molar-refractivity contribution in [1.82, 2.24) is 4.90 Å². The molecule has 0 radical (unpaired) electrons. The summed E-state index contributed by atoms with van der Waals surface area (Å²) in [6.45, 7) is 3.75. The maximum absolute atomic E-state index is 12.0. The Hall–Kier alpha value is -2.30. The van der Waals surface area contributed by atoms with Gasteiger partial charge in [-0.25, -0.2) is 9.59 Å². The van der Waals surface area contributed by atoms with Gasteiger partial charge in [0.1, 0.15) is 6.61 Å². The molecule has 0 N–H and O–H groups in total. The molecule has 0 bridgehead atoms. The molecule has 1 amide bonds. The standard InChI is InChI=1S/C18H23NO4/c1-2-22-17(20)9-8-15-10-12-19(13-11-15)18(21)23-14-16-6-4-3-5-7-16/h3-9,15H,2,10-14H2,1H3. The first-order chi connectivity index (χ1) is 11.2. The summed E-state index contributed by atoms with van der Waals surface area (Å²) in [6, 6.07) is 9.63. The van der Waals surface area contributed by atoms with Gasteiger partial charge in [-0.15, -0.1) is 0 Å². The topological polar surface area (TPSA) is 55.8 Å². The molecule has 1 heterocycles. The summed E-state index contributed by atoms with van der Waals surface area (Å²) in [5.74, 6) is -0.00483. The van der Waals surface area contributed by atoms with Crippen molar-refractivity contribution < 1.29 is 19.1 Å². The van der Waals surface area contributed by atoms with Crippen molar-refractivity contribution in [2.24, 2.45) is 5.92 Å². The Morgan fingerprint density at radius 1 is 1.17 bits per heavy atom. The van der Waals surface area contributed by atoms with Crippen LogP contribution in [0.2, 0.25) is 0 Å². The number of ether oxygens (including phenoxy) is 2. The van der Waals surface area contributed by atoms with E-state index in [1.54, 1.807) is 11.8 Å². The average molecular weight is 317 g/mol. The number of rotatable bonds is 5. The highest BCUT2D eigenvalue weighted by Crippen LogP contribution is 2.19. The lowest BCUT2D eigenvalue weighted by molar-refractivity contribution is -0.137. The van der Waals surface area contributed by atoms with Gasteiger partial charge in [-0.3, -0.25) is 0 Å². The van der Waals surface area contributed by atoms with Crippen LogP contribution in [0.1, 0.15) is 25.3 Å². The molecule has 23 heavy (non-hydrogen) atoms. The molecule has 0 aliphatic carbocycles. The largest absolute Gasteiger partial charge is 0.463 e. The lowest BCUT2D eigenvalue weighted by atomic mass is 9.97. The number of amides is 1. The SMILES string of the molecule is CCOC(=O)C=CC1CCN(C(=O)OCc2ccccc2)CC1. The van der Waals surface area contributed by atoms with Crippen LogP contribution in [0.5, 0.6) is 0 Å². The van der Waals surface area contributed by atoms with Crippen LogP contribution in [0.3, 0.4) is 0 Å². The summed E-state index contributed by atoms with van der Waals surface area (Å²) >= 11 is 0. The molecule has 5 nitrogen and oxygen atoms in total. The van der Waals surface area contributed by atoms with E-state index in [1.165, 1.54) is 6.08 Å². The number of carbonyl (C=O) groups excluding carboxylic acids is 2. The molecule has 124 valence electrons. The third-order valence-corrected chi connectivity index (χ3v) is 3.79. The quantitative estimate of drug-likeness (QED) is 0.618. The number of benzene rings is 1. The third-order valence-electron chi connectivity index (χ3n) is 3.79. The maximum Gasteiger partial charge on any atom is 0.410 e. The zero-order valence-corrected chi connectivity index (χ0v) is 13.4. The van der Waals surface area contributed by atoms with Gasteiger partial charge < -0.3 is 14.4 Å². The second-order valence-corrected chi connectivity index (χ2v) is 5.48. The van der Waals surface area contributed by atoms with Gasteiger partial charge in [0, 0.05) is 19.2 Å².